The van der Waals surface area contributed by atoms with E-state index in [-0.39, 0.29) is 0 Å². The molecule has 0 bridgehead atoms. The van der Waals surface area contributed by atoms with E-state index < -0.39 is 0 Å². The molecule has 2 aromatic rings. The summed E-state index contributed by atoms with van der Waals surface area (Å²) in [6.45, 7) is 6.92. The Kier molecular flexibility index (Phi) is 8.84. The van der Waals surface area contributed by atoms with Crippen LogP contribution in [0.2, 0.25) is 0 Å². The van der Waals surface area contributed by atoms with Gasteiger partial charge in [-0.15, -0.1) is 0 Å². The molecule has 1 unspecified atom stereocenters. The van der Waals surface area contributed by atoms with Gasteiger partial charge in [-0.1, -0.05) is 108 Å². The Morgan fingerprint density at radius 1 is 0.759 bits per heavy atom. The quantitative estimate of drug-likeness (QED) is 0.355. The summed E-state index contributed by atoms with van der Waals surface area (Å²) in [5.74, 6) is 2.55. The average molecular weight is 391 g/mol. The minimum Gasteiger partial charge on any atom is -0.0654 e. The fourth-order valence-corrected chi connectivity index (χ4v) is 4.97. The Labute approximate surface area is 180 Å². The lowest BCUT2D eigenvalue weighted by molar-refractivity contribution is 0.302. The predicted octanol–water partition coefficient (Wildman–Crippen LogP) is 9.19. The van der Waals surface area contributed by atoms with Gasteiger partial charge in [-0.3, -0.25) is 0 Å². The van der Waals surface area contributed by atoms with Gasteiger partial charge in [-0.2, -0.15) is 0 Å². The van der Waals surface area contributed by atoms with Crippen LogP contribution in [0.15, 0.2) is 48.5 Å². The van der Waals surface area contributed by atoms with Crippen molar-refractivity contribution < 1.29 is 0 Å². The van der Waals surface area contributed by atoms with Crippen LogP contribution >= 0.6 is 0 Å². The zero-order valence-electron chi connectivity index (χ0n) is 19.1. The highest BCUT2D eigenvalue weighted by Crippen LogP contribution is 2.38. The van der Waals surface area contributed by atoms with Gasteiger partial charge >= 0.3 is 0 Å². The minimum absolute atomic E-state index is 0.770. The van der Waals surface area contributed by atoms with Crippen molar-refractivity contribution in [3.05, 3.63) is 59.7 Å². The number of rotatable bonds is 10. The maximum Gasteiger partial charge on any atom is -0.0162 e. The summed E-state index contributed by atoms with van der Waals surface area (Å²) in [4.78, 5) is 0. The standard InChI is InChI=1S/C29H42/c1-4-6-7-8-9-24-10-14-26(15-11-24)28-18-20-29(21-19-28)27-16-12-25(13-17-27)22-23(3)5-2/h12-13,16-21,23-24,26H,4-11,14-15,22H2,1-3H3. The lowest BCUT2D eigenvalue weighted by atomic mass is 9.77. The van der Waals surface area contributed by atoms with E-state index in [2.05, 4.69) is 69.3 Å². The molecular weight excluding hydrogens is 348 g/mol. The van der Waals surface area contributed by atoms with Crippen molar-refractivity contribution in [3.63, 3.8) is 0 Å². The molecule has 0 nitrogen and oxygen atoms in total. The molecule has 1 saturated carbocycles. The third-order valence-electron chi connectivity index (χ3n) is 7.26. The fraction of sp³-hybridized carbons (Fsp3) is 0.586. The number of benzene rings is 2. The van der Waals surface area contributed by atoms with Crippen molar-refractivity contribution in [1.29, 1.82) is 0 Å². The molecule has 0 heteroatoms. The Bertz CT molecular complexity index is 686. The molecule has 3 rings (SSSR count). The molecule has 0 radical (unpaired) electrons. The Morgan fingerprint density at radius 2 is 1.38 bits per heavy atom. The Hall–Kier alpha value is -1.56. The molecule has 0 aromatic heterocycles. The second kappa shape index (κ2) is 11.6. The molecule has 1 fully saturated rings. The molecule has 0 heterocycles. The summed E-state index contributed by atoms with van der Waals surface area (Å²) < 4.78 is 0. The molecule has 0 N–H and O–H groups in total. The second-order valence-electron chi connectivity index (χ2n) is 9.60. The van der Waals surface area contributed by atoms with E-state index in [4.69, 9.17) is 0 Å². The van der Waals surface area contributed by atoms with Crippen LogP contribution in [0.5, 0.6) is 0 Å². The van der Waals surface area contributed by atoms with Crippen LogP contribution in [-0.2, 0) is 6.42 Å². The maximum atomic E-state index is 2.40. The first-order valence-corrected chi connectivity index (χ1v) is 12.4. The van der Waals surface area contributed by atoms with Crippen LogP contribution in [0.1, 0.15) is 102 Å². The van der Waals surface area contributed by atoms with Crippen LogP contribution in [0.25, 0.3) is 11.1 Å². The summed E-state index contributed by atoms with van der Waals surface area (Å²) >= 11 is 0. The van der Waals surface area contributed by atoms with Gasteiger partial charge in [0.15, 0.2) is 0 Å². The van der Waals surface area contributed by atoms with Crippen LogP contribution in [0, 0.1) is 11.8 Å². The smallest absolute Gasteiger partial charge is 0.0162 e. The minimum atomic E-state index is 0.770. The largest absolute Gasteiger partial charge is 0.0654 e. The number of unbranched alkanes of at least 4 members (excludes halogenated alkanes) is 3. The zero-order valence-corrected chi connectivity index (χ0v) is 19.1. The van der Waals surface area contributed by atoms with E-state index in [1.807, 2.05) is 0 Å². The van der Waals surface area contributed by atoms with Gasteiger partial charge in [0.25, 0.3) is 0 Å². The number of hydrogen-bond donors (Lipinski definition) is 0. The van der Waals surface area contributed by atoms with Gasteiger partial charge < -0.3 is 0 Å². The molecule has 1 aliphatic carbocycles. The highest BCUT2D eigenvalue weighted by molar-refractivity contribution is 5.64. The van der Waals surface area contributed by atoms with Gasteiger partial charge in [0.2, 0.25) is 0 Å². The van der Waals surface area contributed by atoms with E-state index >= 15 is 0 Å². The average Bonchev–Trinajstić information content (AvgIpc) is 2.78. The highest BCUT2D eigenvalue weighted by Gasteiger charge is 2.22. The van der Waals surface area contributed by atoms with Crippen molar-refractivity contribution >= 4 is 0 Å². The molecule has 0 aliphatic heterocycles. The maximum absolute atomic E-state index is 2.40. The van der Waals surface area contributed by atoms with Crippen LogP contribution in [-0.4, -0.2) is 0 Å². The first-order chi connectivity index (χ1) is 14.2. The molecule has 1 atom stereocenters. The summed E-state index contributed by atoms with van der Waals surface area (Å²) in [6, 6.07) is 18.7. The van der Waals surface area contributed by atoms with Crippen LogP contribution < -0.4 is 0 Å². The molecule has 1 aliphatic rings. The van der Waals surface area contributed by atoms with Crippen molar-refractivity contribution in [1.82, 2.24) is 0 Å². The second-order valence-corrected chi connectivity index (χ2v) is 9.60. The van der Waals surface area contributed by atoms with Crippen molar-refractivity contribution in [3.8, 4) is 11.1 Å². The molecule has 0 saturated heterocycles. The molecule has 29 heavy (non-hydrogen) atoms. The van der Waals surface area contributed by atoms with E-state index in [0.717, 1.165) is 17.8 Å². The van der Waals surface area contributed by atoms with Gasteiger partial charge in [0, 0.05) is 0 Å². The lowest BCUT2D eigenvalue weighted by Crippen LogP contribution is -2.13. The van der Waals surface area contributed by atoms with E-state index in [9.17, 15) is 0 Å². The Morgan fingerprint density at radius 3 is 1.97 bits per heavy atom. The first kappa shape index (κ1) is 22.1. The molecule has 0 spiro atoms. The summed E-state index contributed by atoms with van der Waals surface area (Å²) in [5, 5.41) is 0. The van der Waals surface area contributed by atoms with Crippen molar-refractivity contribution in [2.45, 2.75) is 97.3 Å². The van der Waals surface area contributed by atoms with E-state index in [0.29, 0.717) is 0 Å². The third kappa shape index (κ3) is 6.73. The molecule has 0 amide bonds. The van der Waals surface area contributed by atoms with E-state index in [1.54, 1.807) is 5.56 Å². The van der Waals surface area contributed by atoms with Crippen LogP contribution in [0.3, 0.4) is 0 Å². The molecule has 158 valence electrons. The SMILES string of the molecule is CCCCCCC1CCC(c2ccc(-c3ccc(CC(C)CC)cc3)cc2)CC1. The van der Waals surface area contributed by atoms with Gasteiger partial charge in [0.05, 0.1) is 0 Å². The Balaban J connectivity index is 1.50. The zero-order chi connectivity index (χ0) is 20.5. The molecule has 2 aromatic carbocycles. The predicted molar refractivity (Wildman–Crippen MR) is 128 cm³/mol. The summed E-state index contributed by atoms with van der Waals surface area (Å²) in [5.41, 5.74) is 5.73. The highest BCUT2D eigenvalue weighted by atomic mass is 14.3. The molecular formula is C29H42. The van der Waals surface area contributed by atoms with Crippen molar-refractivity contribution in [2.24, 2.45) is 11.8 Å². The van der Waals surface area contributed by atoms with E-state index in [1.165, 1.54) is 87.3 Å². The monoisotopic (exact) mass is 390 g/mol. The number of hydrogen-bond acceptors (Lipinski definition) is 0. The van der Waals surface area contributed by atoms with Crippen LogP contribution in [0.4, 0.5) is 0 Å². The first-order valence-electron chi connectivity index (χ1n) is 12.4. The summed E-state index contributed by atoms with van der Waals surface area (Å²) in [6.07, 6.45) is 15.2. The normalized spacial score (nSPS) is 20.5. The van der Waals surface area contributed by atoms with Gasteiger partial charge in [-0.25, -0.2) is 0 Å². The van der Waals surface area contributed by atoms with Gasteiger partial charge in [-0.05, 0) is 72.1 Å². The van der Waals surface area contributed by atoms with Crippen molar-refractivity contribution in [2.75, 3.05) is 0 Å². The lowest BCUT2D eigenvalue weighted by Gasteiger charge is -2.29. The van der Waals surface area contributed by atoms with Gasteiger partial charge in [0.1, 0.15) is 0 Å². The third-order valence-corrected chi connectivity index (χ3v) is 7.26. The fourth-order valence-electron chi connectivity index (χ4n) is 4.97. The topological polar surface area (TPSA) is 0 Å². The summed E-state index contributed by atoms with van der Waals surface area (Å²) in [7, 11) is 0.